The first kappa shape index (κ1) is 22.5. The molecule has 0 spiro atoms. The molecule has 2 N–H and O–H groups in total. The van der Waals surface area contributed by atoms with Gasteiger partial charge in [0.2, 0.25) is 0 Å². The molecular formula is C18H29FIN3OS. The molecule has 0 heterocycles. The summed E-state index contributed by atoms with van der Waals surface area (Å²) >= 11 is 1.95. The molecule has 7 heteroatoms. The summed E-state index contributed by atoms with van der Waals surface area (Å²) in [5, 5.41) is 7.58. The highest BCUT2D eigenvalue weighted by molar-refractivity contribution is 14.0. The van der Waals surface area contributed by atoms with Gasteiger partial charge in [-0.1, -0.05) is 12.1 Å². The molecule has 1 aromatic carbocycles. The van der Waals surface area contributed by atoms with Gasteiger partial charge in [-0.05, 0) is 50.1 Å². The number of rotatable bonds is 7. The van der Waals surface area contributed by atoms with E-state index in [9.17, 15) is 4.39 Å². The van der Waals surface area contributed by atoms with Gasteiger partial charge in [-0.3, -0.25) is 4.99 Å². The molecule has 1 saturated carbocycles. The van der Waals surface area contributed by atoms with Crippen molar-refractivity contribution in [3.8, 4) is 0 Å². The summed E-state index contributed by atoms with van der Waals surface area (Å²) in [6.45, 7) is 3.37. The van der Waals surface area contributed by atoms with Crippen LogP contribution in [0.25, 0.3) is 0 Å². The monoisotopic (exact) mass is 481 g/mol. The van der Waals surface area contributed by atoms with Crippen LogP contribution in [0.4, 0.5) is 4.39 Å². The lowest BCUT2D eigenvalue weighted by Crippen LogP contribution is -2.42. The topological polar surface area (TPSA) is 45.7 Å². The van der Waals surface area contributed by atoms with E-state index in [0.717, 1.165) is 23.3 Å². The van der Waals surface area contributed by atoms with E-state index in [2.05, 4.69) is 28.8 Å². The first-order valence-corrected chi connectivity index (χ1v) is 9.81. The quantitative estimate of drug-likeness (QED) is 0.352. The summed E-state index contributed by atoms with van der Waals surface area (Å²) in [4.78, 5) is 4.67. The number of benzene rings is 1. The SMILES string of the molecule is CCNC(=NCC(OC)c1ccc(F)cc1)NC1CCC(SC)C1.I. The Hall–Kier alpha value is -0.540. The summed E-state index contributed by atoms with van der Waals surface area (Å²) in [7, 11) is 1.66. The molecule has 0 amide bonds. The molecule has 0 radical (unpaired) electrons. The minimum Gasteiger partial charge on any atom is -0.375 e. The van der Waals surface area contributed by atoms with E-state index in [-0.39, 0.29) is 35.9 Å². The fourth-order valence-electron chi connectivity index (χ4n) is 2.97. The van der Waals surface area contributed by atoms with E-state index < -0.39 is 0 Å². The standard InChI is InChI=1S/C18H28FN3OS.HI/c1-4-20-18(22-15-9-10-16(11-15)24-3)21-12-17(23-2)13-5-7-14(19)8-6-13;/h5-8,15-17H,4,9-12H2,1-3H3,(H2,20,21,22);1H. The molecular weight excluding hydrogens is 452 g/mol. The zero-order chi connectivity index (χ0) is 17.4. The average molecular weight is 481 g/mol. The zero-order valence-electron chi connectivity index (χ0n) is 15.1. The van der Waals surface area contributed by atoms with Crippen molar-refractivity contribution >= 4 is 41.7 Å². The highest BCUT2D eigenvalue weighted by atomic mass is 127. The number of ether oxygens (including phenoxy) is 1. The van der Waals surface area contributed by atoms with E-state index >= 15 is 0 Å². The Labute approximate surface area is 171 Å². The molecule has 3 atom stereocenters. The molecule has 0 saturated heterocycles. The molecule has 4 nitrogen and oxygen atoms in total. The van der Waals surface area contributed by atoms with Gasteiger partial charge < -0.3 is 15.4 Å². The summed E-state index contributed by atoms with van der Waals surface area (Å²) in [5.74, 6) is 0.588. The van der Waals surface area contributed by atoms with Gasteiger partial charge in [0.05, 0.1) is 6.54 Å². The van der Waals surface area contributed by atoms with Crippen molar-refractivity contribution in [3.05, 3.63) is 35.6 Å². The van der Waals surface area contributed by atoms with Crippen molar-refractivity contribution in [2.45, 2.75) is 43.6 Å². The Kier molecular flexibility index (Phi) is 10.8. The molecule has 1 aliphatic rings. The van der Waals surface area contributed by atoms with Gasteiger partial charge in [-0.2, -0.15) is 11.8 Å². The number of methoxy groups -OCH3 is 1. The Morgan fingerprint density at radius 1 is 1.36 bits per heavy atom. The van der Waals surface area contributed by atoms with Crippen molar-refractivity contribution in [2.24, 2.45) is 4.99 Å². The molecule has 0 aromatic heterocycles. The maximum absolute atomic E-state index is 13.1. The van der Waals surface area contributed by atoms with Crippen LogP contribution in [-0.4, -0.2) is 43.7 Å². The van der Waals surface area contributed by atoms with Crippen molar-refractivity contribution in [1.29, 1.82) is 0 Å². The fraction of sp³-hybridized carbons (Fsp3) is 0.611. The van der Waals surface area contributed by atoms with Crippen molar-refractivity contribution in [1.82, 2.24) is 10.6 Å². The molecule has 142 valence electrons. The maximum atomic E-state index is 13.1. The van der Waals surface area contributed by atoms with Crippen LogP contribution in [0.15, 0.2) is 29.3 Å². The summed E-state index contributed by atoms with van der Waals surface area (Å²) in [6, 6.07) is 6.89. The lowest BCUT2D eigenvalue weighted by molar-refractivity contribution is 0.111. The van der Waals surface area contributed by atoms with Gasteiger partial charge in [0.1, 0.15) is 11.9 Å². The van der Waals surface area contributed by atoms with Crippen LogP contribution < -0.4 is 10.6 Å². The second-order valence-corrected chi connectivity index (χ2v) is 7.15. The molecule has 1 fully saturated rings. The third kappa shape index (κ3) is 7.30. The summed E-state index contributed by atoms with van der Waals surface area (Å²) in [6.07, 6.45) is 5.62. The largest absolute Gasteiger partial charge is 0.375 e. The van der Waals surface area contributed by atoms with Gasteiger partial charge in [0, 0.05) is 24.9 Å². The van der Waals surface area contributed by atoms with Gasteiger partial charge >= 0.3 is 0 Å². The number of aliphatic imine (C=N–C) groups is 1. The first-order valence-electron chi connectivity index (χ1n) is 8.52. The lowest BCUT2D eigenvalue weighted by Gasteiger charge is -2.19. The molecule has 0 bridgehead atoms. The Balaban J connectivity index is 0.00000312. The third-order valence-electron chi connectivity index (χ3n) is 4.34. The number of hydrogen-bond donors (Lipinski definition) is 2. The number of hydrogen-bond acceptors (Lipinski definition) is 3. The first-order chi connectivity index (χ1) is 11.7. The second-order valence-electron chi connectivity index (χ2n) is 6.01. The number of nitrogens with zero attached hydrogens (tertiary/aromatic N) is 1. The highest BCUT2D eigenvalue weighted by Crippen LogP contribution is 2.28. The minimum atomic E-state index is -0.239. The van der Waals surface area contributed by atoms with Crippen LogP contribution in [0.3, 0.4) is 0 Å². The lowest BCUT2D eigenvalue weighted by atomic mass is 10.1. The van der Waals surface area contributed by atoms with Crippen LogP contribution in [0.5, 0.6) is 0 Å². The zero-order valence-corrected chi connectivity index (χ0v) is 18.3. The second kappa shape index (κ2) is 12.0. The number of halogens is 2. The predicted octanol–water partition coefficient (Wildman–Crippen LogP) is 3.97. The van der Waals surface area contributed by atoms with E-state index in [0.29, 0.717) is 12.6 Å². The molecule has 25 heavy (non-hydrogen) atoms. The number of thioether (sulfide) groups is 1. The Morgan fingerprint density at radius 3 is 2.64 bits per heavy atom. The Morgan fingerprint density at radius 2 is 2.08 bits per heavy atom. The predicted molar refractivity (Wildman–Crippen MR) is 116 cm³/mol. The smallest absolute Gasteiger partial charge is 0.191 e. The van der Waals surface area contributed by atoms with Crippen LogP contribution in [0.1, 0.15) is 37.9 Å². The van der Waals surface area contributed by atoms with E-state index in [4.69, 9.17) is 4.74 Å². The third-order valence-corrected chi connectivity index (χ3v) is 5.44. The summed E-state index contributed by atoms with van der Waals surface area (Å²) in [5.41, 5.74) is 0.932. The van der Waals surface area contributed by atoms with Crippen LogP contribution in [0, 0.1) is 5.82 Å². The van der Waals surface area contributed by atoms with Gasteiger partial charge in [-0.25, -0.2) is 4.39 Å². The number of nitrogens with one attached hydrogen (secondary N) is 2. The van der Waals surface area contributed by atoms with Crippen LogP contribution in [0.2, 0.25) is 0 Å². The van der Waals surface area contributed by atoms with Gasteiger partial charge in [0.15, 0.2) is 5.96 Å². The fourth-order valence-corrected chi connectivity index (χ4v) is 3.76. The van der Waals surface area contributed by atoms with Crippen molar-refractivity contribution < 1.29 is 9.13 Å². The van der Waals surface area contributed by atoms with Crippen molar-refractivity contribution in [3.63, 3.8) is 0 Å². The van der Waals surface area contributed by atoms with E-state index in [1.165, 1.54) is 31.4 Å². The molecule has 1 aromatic rings. The maximum Gasteiger partial charge on any atom is 0.191 e. The van der Waals surface area contributed by atoms with Gasteiger partial charge in [0.25, 0.3) is 0 Å². The average Bonchev–Trinajstić information content (AvgIpc) is 3.04. The van der Waals surface area contributed by atoms with E-state index in [1.54, 1.807) is 19.2 Å². The molecule has 1 aliphatic carbocycles. The van der Waals surface area contributed by atoms with Crippen LogP contribution in [-0.2, 0) is 4.74 Å². The normalized spacial score (nSPS) is 21.5. The Bertz CT molecular complexity index is 530. The minimum absolute atomic E-state index is 0. The summed E-state index contributed by atoms with van der Waals surface area (Å²) < 4.78 is 18.6. The molecule has 2 rings (SSSR count). The molecule has 0 aliphatic heterocycles. The number of guanidine groups is 1. The van der Waals surface area contributed by atoms with Crippen LogP contribution >= 0.6 is 35.7 Å². The highest BCUT2D eigenvalue weighted by Gasteiger charge is 2.24. The van der Waals surface area contributed by atoms with E-state index in [1.807, 2.05) is 11.8 Å². The van der Waals surface area contributed by atoms with Gasteiger partial charge in [-0.15, -0.1) is 24.0 Å². The van der Waals surface area contributed by atoms with Crippen molar-refractivity contribution in [2.75, 3.05) is 26.5 Å². The molecule has 3 unspecified atom stereocenters.